The minimum absolute atomic E-state index is 0.107. The van der Waals surface area contributed by atoms with Crippen molar-refractivity contribution in [2.45, 2.75) is 453 Å². The lowest BCUT2D eigenvalue weighted by Gasteiger charge is -2.21. The highest BCUT2D eigenvalue weighted by Crippen LogP contribution is 2.45. The number of ether oxygens (including phenoxy) is 4. The Kier molecular flexibility index (Phi) is 71.5. The highest BCUT2D eigenvalue weighted by molar-refractivity contribution is 7.47. The normalized spacial score (nSPS) is 14.0. The van der Waals surface area contributed by atoms with Gasteiger partial charge < -0.3 is 33.8 Å². The summed E-state index contributed by atoms with van der Waals surface area (Å²) in [5, 5.41) is 10.7. The Labute approximate surface area is 632 Å². The van der Waals surface area contributed by atoms with Crippen LogP contribution in [0.25, 0.3) is 0 Å². The topological polar surface area (TPSA) is 237 Å². The Balaban J connectivity index is 5.24. The van der Waals surface area contributed by atoms with Gasteiger partial charge in [-0.25, -0.2) is 9.13 Å². The molecule has 0 aliphatic rings. The fraction of sp³-hybridized carbons (Fsp3) is 0.952. The van der Waals surface area contributed by atoms with Crippen LogP contribution in [0, 0.1) is 23.7 Å². The quantitative estimate of drug-likeness (QED) is 0.0222. The van der Waals surface area contributed by atoms with Gasteiger partial charge in [-0.2, -0.15) is 0 Å². The molecule has 0 aliphatic carbocycles. The first-order chi connectivity index (χ1) is 49.6. The van der Waals surface area contributed by atoms with Crippen molar-refractivity contribution in [1.29, 1.82) is 0 Å². The first kappa shape index (κ1) is 101. The molecule has 19 heteroatoms. The van der Waals surface area contributed by atoms with Gasteiger partial charge in [0.2, 0.25) is 0 Å². The Hall–Kier alpha value is -1.94. The zero-order valence-corrected chi connectivity index (χ0v) is 69.7. The average molecular weight is 1510 g/mol. The monoisotopic (exact) mass is 1510 g/mol. The van der Waals surface area contributed by atoms with E-state index >= 15 is 0 Å². The van der Waals surface area contributed by atoms with E-state index in [1.165, 1.54) is 231 Å². The number of phosphoric acid groups is 2. The number of carbonyl (C=O) groups excluding carboxylic acids is 4. The number of hydrogen-bond donors (Lipinski definition) is 3. The number of phosphoric ester groups is 2. The molecule has 3 N–H and O–H groups in total. The van der Waals surface area contributed by atoms with E-state index in [9.17, 15) is 43.2 Å². The molecule has 103 heavy (non-hydrogen) atoms. The van der Waals surface area contributed by atoms with Crippen LogP contribution < -0.4 is 0 Å². The summed E-state index contributed by atoms with van der Waals surface area (Å²) < 4.78 is 68.8. The maximum atomic E-state index is 13.1. The SMILES string of the molecule is CC(C)CCCCCCCCCCCCCCCCCC(=O)OC[C@H](COP(=O)(O)OCC(O)COP(=O)(O)OC[C@@H](COC(=O)CCCCCCCCCC(C)C)OC(=O)CCCCCCCCCCCCCCCCC(C)C)OC(=O)CCCCCCCCCCCCCCCCCC(C)C. The van der Waals surface area contributed by atoms with E-state index in [4.69, 9.17) is 37.0 Å². The van der Waals surface area contributed by atoms with Gasteiger partial charge in [-0.3, -0.25) is 37.3 Å². The van der Waals surface area contributed by atoms with Crippen LogP contribution in [0.3, 0.4) is 0 Å². The van der Waals surface area contributed by atoms with Crippen molar-refractivity contribution in [1.82, 2.24) is 0 Å². The summed E-state index contributed by atoms with van der Waals surface area (Å²) in [6.07, 6.45) is 61.1. The Bertz CT molecular complexity index is 2010. The van der Waals surface area contributed by atoms with Crippen LogP contribution in [0.2, 0.25) is 0 Å². The second kappa shape index (κ2) is 72.9. The fourth-order valence-corrected chi connectivity index (χ4v) is 14.5. The number of aliphatic hydroxyl groups excluding tert-OH is 1. The lowest BCUT2D eigenvalue weighted by Crippen LogP contribution is -2.30. The van der Waals surface area contributed by atoms with Crippen molar-refractivity contribution in [2.75, 3.05) is 39.6 Å². The van der Waals surface area contributed by atoms with Gasteiger partial charge in [-0.1, -0.05) is 383 Å². The summed E-state index contributed by atoms with van der Waals surface area (Å²) in [4.78, 5) is 73.1. The van der Waals surface area contributed by atoms with Crippen molar-refractivity contribution >= 4 is 39.5 Å². The maximum absolute atomic E-state index is 13.1. The molecular formula is C84H164O17P2. The van der Waals surface area contributed by atoms with Crippen molar-refractivity contribution in [3.8, 4) is 0 Å². The molecule has 0 aromatic carbocycles. The highest BCUT2D eigenvalue weighted by Gasteiger charge is 2.30. The molecule has 0 rings (SSSR count). The Morgan fingerprint density at radius 3 is 0.602 bits per heavy atom. The van der Waals surface area contributed by atoms with Crippen LogP contribution in [0.4, 0.5) is 0 Å². The molecule has 0 amide bonds. The number of esters is 4. The molecule has 0 saturated heterocycles. The molecule has 0 spiro atoms. The van der Waals surface area contributed by atoms with E-state index in [-0.39, 0.29) is 25.7 Å². The molecule has 17 nitrogen and oxygen atoms in total. The van der Waals surface area contributed by atoms with Gasteiger partial charge in [0.25, 0.3) is 0 Å². The second-order valence-electron chi connectivity index (χ2n) is 32.1. The predicted octanol–water partition coefficient (Wildman–Crippen LogP) is 25.2. The lowest BCUT2D eigenvalue weighted by atomic mass is 10.0. The Morgan fingerprint density at radius 1 is 0.243 bits per heavy atom. The number of unbranched alkanes of at least 4 members (excludes halogenated alkanes) is 47. The van der Waals surface area contributed by atoms with Gasteiger partial charge in [0, 0.05) is 25.7 Å². The van der Waals surface area contributed by atoms with Crippen molar-refractivity contribution in [2.24, 2.45) is 23.7 Å². The van der Waals surface area contributed by atoms with Crippen molar-refractivity contribution < 1.29 is 80.2 Å². The molecule has 0 aromatic heterocycles. The predicted molar refractivity (Wildman–Crippen MR) is 423 cm³/mol. The van der Waals surface area contributed by atoms with Crippen LogP contribution in [0.1, 0.15) is 434 Å². The molecule has 0 bridgehead atoms. The van der Waals surface area contributed by atoms with E-state index in [0.717, 1.165) is 114 Å². The average Bonchev–Trinajstić information content (AvgIpc) is 0.924. The smallest absolute Gasteiger partial charge is 0.462 e. The molecule has 0 radical (unpaired) electrons. The van der Waals surface area contributed by atoms with Crippen LogP contribution in [0.5, 0.6) is 0 Å². The van der Waals surface area contributed by atoms with Crippen LogP contribution in [-0.4, -0.2) is 96.7 Å². The van der Waals surface area contributed by atoms with Crippen molar-refractivity contribution in [3.63, 3.8) is 0 Å². The van der Waals surface area contributed by atoms with Crippen molar-refractivity contribution in [3.05, 3.63) is 0 Å². The summed E-state index contributed by atoms with van der Waals surface area (Å²) in [6.45, 7) is 14.3. The summed E-state index contributed by atoms with van der Waals surface area (Å²) in [5.74, 6) is 0.999. The summed E-state index contributed by atoms with van der Waals surface area (Å²) in [6, 6.07) is 0. The van der Waals surface area contributed by atoms with Crippen LogP contribution in [0.15, 0.2) is 0 Å². The largest absolute Gasteiger partial charge is 0.472 e. The van der Waals surface area contributed by atoms with Gasteiger partial charge >= 0.3 is 39.5 Å². The Morgan fingerprint density at radius 2 is 0.408 bits per heavy atom. The number of rotatable bonds is 81. The molecule has 0 saturated carbocycles. The van der Waals surface area contributed by atoms with Crippen LogP contribution in [-0.2, 0) is 65.4 Å². The molecule has 0 aliphatic heterocycles. The minimum atomic E-state index is -4.97. The highest BCUT2D eigenvalue weighted by atomic mass is 31.2. The first-order valence-corrected chi connectivity index (χ1v) is 46.2. The third-order valence-corrected chi connectivity index (χ3v) is 21.5. The van der Waals surface area contributed by atoms with Gasteiger partial charge in [0.15, 0.2) is 12.2 Å². The molecule has 5 atom stereocenters. The molecule has 0 heterocycles. The van der Waals surface area contributed by atoms with E-state index in [0.29, 0.717) is 31.6 Å². The van der Waals surface area contributed by atoms with E-state index in [2.05, 4.69) is 55.4 Å². The zero-order chi connectivity index (χ0) is 76.0. The standard InChI is InChI=1S/C84H164O17P2/c1-74(2)60-52-44-36-29-23-17-11-9-13-20-26-32-40-48-56-64-81(86)94-70-79(100-83(88)66-58-50-41-33-27-21-14-10-12-18-24-30-37-45-53-61-75(3)4)72-98-102(90,91)96-68-78(85)69-97-103(92,93)99-73-80(71-95-82(87)65-57-49-43-35-39-47-55-63-77(7)8)101-84(89)67-59-51-42-34-28-22-16-15-19-25-31-38-46-54-62-76(5)6/h74-80,85H,9-73H2,1-8H3,(H,90,91)(H,92,93)/t78?,79-,80-/m1/s1. The summed E-state index contributed by atoms with van der Waals surface area (Å²) in [5.41, 5.74) is 0. The molecule has 0 aromatic rings. The maximum Gasteiger partial charge on any atom is 0.472 e. The van der Waals surface area contributed by atoms with E-state index < -0.39 is 97.5 Å². The number of aliphatic hydroxyl groups is 1. The van der Waals surface area contributed by atoms with Crippen LogP contribution >= 0.6 is 15.6 Å². The van der Waals surface area contributed by atoms with E-state index in [1.807, 2.05) is 0 Å². The van der Waals surface area contributed by atoms with Gasteiger partial charge in [0.1, 0.15) is 19.3 Å². The van der Waals surface area contributed by atoms with E-state index in [1.54, 1.807) is 0 Å². The lowest BCUT2D eigenvalue weighted by molar-refractivity contribution is -0.161. The molecule has 3 unspecified atom stereocenters. The van der Waals surface area contributed by atoms with Gasteiger partial charge in [0.05, 0.1) is 26.4 Å². The van der Waals surface area contributed by atoms with Gasteiger partial charge in [-0.05, 0) is 49.4 Å². The molecular weight excluding hydrogens is 1340 g/mol. The van der Waals surface area contributed by atoms with Gasteiger partial charge in [-0.15, -0.1) is 0 Å². The first-order valence-electron chi connectivity index (χ1n) is 43.2. The fourth-order valence-electron chi connectivity index (χ4n) is 13.0. The third kappa shape index (κ3) is 78.0. The number of carbonyl (C=O) groups is 4. The second-order valence-corrected chi connectivity index (χ2v) is 35.0. The summed E-state index contributed by atoms with van der Waals surface area (Å²) >= 11 is 0. The minimum Gasteiger partial charge on any atom is -0.462 e. The number of hydrogen-bond acceptors (Lipinski definition) is 15. The molecule has 0 fully saturated rings. The summed E-state index contributed by atoms with van der Waals surface area (Å²) in [7, 11) is -9.93. The third-order valence-electron chi connectivity index (χ3n) is 19.6. The zero-order valence-electron chi connectivity index (χ0n) is 68.0. The molecule has 612 valence electrons.